The van der Waals surface area contributed by atoms with Crippen molar-refractivity contribution in [3.8, 4) is 0 Å². The Morgan fingerprint density at radius 3 is 2.67 bits per heavy atom. The highest BCUT2D eigenvalue weighted by molar-refractivity contribution is 7.18. The number of halogens is 1. The first-order valence-corrected chi connectivity index (χ1v) is 7.02. The maximum Gasteiger partial charge on any atom is 0.282 e. The number of carbonyl (C=O) groups is 1. The average molecular weight is 324 g/mol. The number of hydrazone groups is 1. The number of rotatable bonds is 4. The van der Waals surface area contributed by atoms with Crippen LogP contribution < -0.4 is 5.43 Å². The summed E-state index contributed by atoms with van der Waals surface area (Å²) in [7, 11) is 0. The molecule has 0 saturated carbocycles. The maximum atomic E-state index is 12.0. The van der Waals surface area contributed by atoms with Gasteiger partial charge in [0.1, 0.15) is 5.56 Å². The Balaban J connectivity index is 2.17. The molecular weight excluding hydrogens is 314 g/mol. The number of nitrogens with zero attached hydrogens (tertiary/aromatic N) is 2. The predicted octanol–water partition coefficient (Wildman–Crippen LogP) is 3.46. The molecule has 0 spiro atoms. The van der Waals surface area contributed by atoms with Gasteiger partial charge in [-0.2, -0.15) is 5.10 Å². The molecule has 1 heterocycles. The Kier molecular flexibility index (Phi) is 4.66. The third-order valence-corrected chi connectivity index (χ3v) is 3.94. The lowest BCUT2D eigenvalue weighted by molar-refractivity contribution is -0.385. The van der Waals surface area contributed by atoms with Gasteiger partial charge in [-0.3, -0.25) is 14.9 Å². The molecule has 1 aromatic carbocycles. The zero-order valence-electron chi connectivity index (χ0n) is 10.9. The van der Waals surface area contributed by atoms with Gasteiger partial charge in [0, 0.05) is 6.07 Å². The van der Waals surface area contributed by atoms with Crippen molar-refractivity contribution in [2.75, 3.05) is 0 Å². The second kappa shape index (κ2) is 6.47. The largest absolute Gasteiger partial charge is 0.282 e. The van der Waals surface area contributed by atoms with E-state index in [-0.39, 0.29) is 11.3 Å². The Morgan fingerprint density at radius 1 is 1.33 bits per heavy atom. The van der Waals surface area contributed by atoms with E-state index in [1.165, 1.54) is 29.5 Å². The summed E-state index contributed by atoms with van der Waals surface area (Å²) in [5, 5.41) is 14.8. The summed E-state index contributed by atoms with van der Waals surface area (Å²) in [6.45, 7) is 1.71. The minimum Gasteiger partial charge on any atom is -0.267 e. The fourth-order valence-corrected chi connectivity index (χ4v) is 2.57. The van der Waals surface area contributed by atoms with Crippen LogP contribution in [-0.2, 0) is 0 Å². The van der Waals surface area contributed by atoms with E-state index in [0.29, 0.717) is 10.0 Å². The van der Waals surface area contributed by atoms with Crippen molar-refractivity contribution in [2.45, 2.75) is 6.92 Å². The van der Waals surface area contributed by atoms with Crippen LogP contribution in [-0.4, -0.2) is 16.5 Å². The third-order valence-electron chi connectivity index (χ3n) is 2.60. The molecule has 8 heteroatoms. The van der Waals surface area contributed by atoms with E-state index >= 15 is 0 Å². The number of carbonyl (C=O) groups excluding carboxylic acids is 1. The molecule has 0 fully saturated rings. The number of hydrogen-bond acceptors (Lipinski definition) is 5. The standard InChI is InChI=1S/C13H10ClN3O3S/c1-8(11-6-7-12(14)21-11)15-16-13(18)9-4-2-3-5-10(9)17(19)20/h2-7H,1H3,(H,16,18)/b15-8+. The molecule has 0 atom stereocenters. The fourth-order valence-electron chi connectivity index (χ4n) is 1.58. The molecule has 1 N–H and O–H groups in total. The van der Waals surface area contributed by atoms with Crippen LogP contribution >= 0.6 is 22.9 Å². The molecule has 108 valence electrons. The van der Waals surface area contributed by atoms with E-state index < -0.39 is 10.8 Å². The van der Waals surface area contributed by atoms with Gasteiger partial charge in [0.05, 0.1) is 19.8 Å². The van der Waals surface area contributed by atoms with Crippen molar-refractivity contribution in [1.82, 2.24) is 5.43 Å². The number of para-hydroxylation sites is 1. The summed E-state index contributed by atoms with van der Waals surface area (Å²) in [6.07, 6.45) is 0. The van der Waals surface area contributed by atoms with Crippen LogP contribution in [0.25, 0.3) is 0 Å². The van der Waals surface area contributed by atoms with Crippen LogP contribution in [0.15, 0.2) is 41.5 Å². The van der Waals surface area contributed by atoms with Gasteiger partial charge in [-0.1, -0.05) is 23.7 Å². The quantitative estimate of drug-likeness (QED) is 0.531. The van der Waals surface area contributed by atoms with Crippen molar-refractivity contribution >= 4 is 40.2 Å². The van der Waals surface area contributed by atoms with E-state index in [0.717, 1.165) is 4.88 Å². The van der Waals surface area contributed by atoms with E-state index in [1.807, 2.05) is 0 Å². The summed E-state index contributed by atoms with van der Waals surface area (Å²) in [5.74, 6) is -0.635. The molecule has 1 aromatic heterocycles. The maximum absolute atomic E-state index is 12.0. The van der Waals surface area contributed by atoms with Gasteiger partial charge >= 0.3 is 0 Å². The molecule has 0 aliphatic carbocycles. The molecular formula is C13H10ClN3O3S. The summed E-state index contributed by atoms with van der Waals surface area (Å²) in [6, 6.07) is 9.20. The Labute approximate surface area is 129 Å². The lowest BCUT2D eigenvalue weighted by Gasteiger charge is -2.02. The lowest BCUT2D eigenvalue weighted by Crippen LogP contribution is -2.20. The molecule has 0 radical (unpaired) electrons. The summed E-state index contributed by atoms with van der Waals surface area (Å²) >= 11 is 7.15. The van der Waals surface area contributed by atoms with Crippen LogP contribution in [0.5, 0.6) is 0 Å². The SMILES string of the molecule is C/C(=N\NC(=O)c1ccccc1[N+](=O)[O-])c1ccc(Cl)s1. The minimum absolute atomic E-state index is 0.0386. The number of nitro groups is 1. The van der Waals surface area contributed by atoms with Crippen molar-refractivity contribution in [3.05, 3.63) is 61.3 Å². The van der Waals surface area contributed by atoms with Crippen LogP contribution in [0.2, 0.25) is 4.34 Å². The molecule has 2 aromatic rings. The number of hydrogen-bond donors (Lipinski definition) is 1. The number of nitro benzene ring substituents is 1. The second-order valence-corrected chi connectivity index (χ2v) is 5.73. The molecule has 21 heavy (non-hydrogen) atoms. The lowest BCUT2D eigenvalue weighted by atomic mass is 10.2. The van der Waals surface area contributed by atoms with Gasteiger partial charge in [0.15, 0.2) is 0 Å². The van der Waals surface area contributed by atoms with E-state index in [4.69, 9.17) is 11.6 Å². The van der Waals surface area contributed by atoms with Gasteiger partial charge in [-0.15, -0.1) is 11.3 Å². The predicted molar refractivity (Wildman–Crippen MR) is 82.1 cm³/mol. The van der Waals surface area contributed by atoms with Gasteiger partial charge in [-0.25, -0.2) is 5.43 Å². The van der Waals surface area contributed by atoms with E-state index in [2.05, 4.69) is 10.5 Å². The molecule has 1 amide bonds. The molecule has 0 unspecified atom stereocenters. The first-order valence-electron chi connectivity index (χ1n) is 5.83. The van der Waals surface area contributed by atoms with Crippen molar-refractivity contribution in [1.29, 1.82) is 0 Å². The van der Waals surface area contributed by atoms with Gasteiger partial charge in [0.2, 0.25) is 0 Å². The highest BCUT2D eigenvalue weighted by atomic mass is 35.5. The number of thiophene rings is 1. The Bertz CT molecular complexity index is 727. The van der Waals surface area contributed by atoms with Crippen LogP contribution in [0, 0.1) is 10.1 Å². The average Bonchev–Trinajstić information content (AvgIpc) is 2.91. The highest BCUT2D eigenvalue weighted by Crippen LogP contribution is 2.22. The normalized spacial score (nSPS) is 11.2. The summed E-state index contributed by atoms with van der Waals surface area (Å²) < 4.78 is 0.615. The highest BCUT2D eigenvalue weighted by Gasteiger charge is 2.18. The second-order valence-electron chi connectivity index (χ2n) is 4.02. The van der Waals surface area contributed by atoms with Crippen molar-refractivity contribution in [3.63, 3.8) is 0 Å². The number of nitrogens with one attached hydrogen (secondary N) is 1. The zero-order valence-corrected chi connectivity index (χ0v) is 12.4. The fraction of sp³-hybridized carbons (Fsp3) is 0.0769. The molecule has 2 rings (SSSR count). The van der Waals surface area contributed by atoms with Crippen LogP contribution in [0.3, 0.4) is 0 Å². The molecule has 0 saturated heterocycles. The van der Waals surface area contributed by atoms with Crippen LogP contribution in [0.4, 0.5) is 5.69 Å². The number of benzene rings is 1. The van der Waals surface area contributed by atoms with Gasteiger partial charge in [-0.05, 0) is 25.1 Å². The van der Waals surface area contributed by atoms with Crippen molar-refractivity contribution < 1.29 is 9.72 Å². The van der Waals surface area contributed by atoms with Crippen LogP contribution in [0.1, 0.15) is 22.2 Å². The topological polar surface area (TPSA) is 84.6 Å². The van der Waals surface area contributed by atoms with E-state index in [1.54, 1.807) is 25.1 Å². The van der Waals surface area contributed by atoms with Crippen molar-refractivity contribution in [2.24, 2.45) is 5.10 Å². The summed E-state index contributed by atoms with van der Waals surface area (Å²) in [4.78, 5) is 23.0. The smallest absolute Gasteiger partial charge is 0.267 e. The molecule has 0 aliphatic heterocycles. The van der Waals surface area contributed by atoms with Gasteiger partial charge < -0.3 is 0 Å². The molecule has 0 bridgehead atoms. The van der Waals surface area contributed by atoms with Gasteiger partial charge in [0.25, 0.3) is 11.6 Å². The zero-order chi connectivity index (χ0) is 15.4. The molecule has 6 nitrogen and oxygen atoms in total. The minimum atomic E-state index is -0.635. The Morgan fingerprint density at radius 2 is 2.05 bits per heavy atom. The first kappa shape index (κ1) is 15.1. The monoisotopic (exact) mass is 323 g/mol. The van der Waals surface area contributed by atoms with E-state index in [9.17, 15) is 14.9 Å². The summed E-state index contributed by atoms with van der Waals surface area (Å²) in [5.41, 5.74) is 2.58. The Hall–Kier alpha value is -2.25. The molecule has 0 aliphatic rings. The third kappa shape index (κ3) is 3.65. The first-order chi connectivity index (χ1) is 9.99. The number of amides is 1.